The molecule has 4 rings (SSSR count). The summed E-state index contributed by atoms with van der Waals surface area (Å²) < 4.78 is 5.46. The summed E-state index contributed by atoms with van der Waals surface area (Å²) in [5.74, 6) is 2.40. The van der Waals surface area contributed by atoms with Crippen LogP contribution in [0.3, 0.4) is 0 Å². The fraction of sp³-hybridized carbons (Fsp3) is 0.800. The molecule has 1 aromatic rings. The minimum Gasteiger partial charge on any atom is -0.378 e. The Morgan fingerprint density at radius 3 is 1.38 bits per heavy atom. The van der Waals surface area contributed by atoms with Gasteiger partial charge in [-0.3, -0.25) is 0 Å². The number of rotatable bonds is 3. The van der Waals surface area contributed by atoms with Gasteiger partial charge in [0.05, 0.1) is 13.2 Å². The summed E-state index contributed by atoms with van der Waals surface area (Å²) in [7, 11) is 0. The van der Waals surface area contributed by atoms with E-state index in [0.29, 0.717) is 0 Å². The molecular weight excluding hydrogens is 308 g/mol. The van der Waals surface area contributed by atoms with Crippen LogP contribution in [0.1, 0.15) is 0 Å². The molecule has 0 saturated carbocycles. The van der Waals surface area contributed by atoms with E-state index in [1.807, 2.05) is 0 Å². The number of anilines is 3. The molecule has 2 N–H and O–H groups in total. The van der Waals surface area contributed by atoms with Gasteiger partial charge in [0.2, 0.25) is 17.8 Å². The molecule has 0 amide bonds. The Morgan fingerprint density at radius 1 is 0.583 bits per heavy atom. The summed E-state index contributed by atoms with van der Waals surface area (Å²) in [5.41, 5.74) is 0. The lowest BCUT2D eigenvalue weighted by Gasteiger charge is -2.33. The van der Waals surface area contributed by atoms with E-state index in [9.17, 15) is 0 Å². The number of aromatic nitrogens is 3. The number of ether oxygens (including phenoxy) is 1. The molecule has 132 valence electrons. The van der Waals surface area contributed by atoms with Gasteiger partial charge in [0, 0.05) is 65.4 Å². The zero-order chi connectivity index (χ0) is 16.2. The maximum absolute atomic E-state index is 5.46. The largest absolute Gasteiger partial charge is 0.378 e. The van der Waals surface area contributed by atoms with Gasteiger partial charge in [-0.2, -0.15) is 15.0 Å². The number of piperazine rings is 2. The molecule has 0 aromatic carbocycles. The SMILES string of the molecule is C1CN(c2nc(N3CCNCC3)nc(N3CCOCC3)n2)CCN1. The van der Waals surface area contributed by atoms with Crippen molar-refractivity contribution in [3.63, 3.8) is 0 Å². The second kappa shape index (κ2) is 7.45. The van der Waals surface area contributed by atoms with Crippen molar-refractivity contribution in [1.29, 1.82) is 0 Å². The number of nitrogens with zero attached hydrogens (tertiary/aromatic N) is 6. The molecule has 9 heteroatoms. The van der Waals surface area contributed by atoms with Crippen LogP contribution < -0.4 is 25.3 Å². The molecule has 3 aliphatic heterocycles. The summed E-state index contributed by atoms with van der Waals surface area (Å²) in [6.45, 7) is 10.8. The fourth-order valence-electron chi connectivity index (χ4n) is 3.26. The molecule has 0 spiro atoms. The molecule has 0 aliphatic carbocycles. The molecule has 0 atom stereocenters. The zero-order valence-electron chi connectivity index (χ0n) is 14.1. The van der Waals surface area contributed by atoms with Gasteiger partial charge in [-0.15, -0.1) is 0 Å². The molecule has 0 radical (unpaired) electrons. The first-order chi connectivity index (χ1) is 11.9. The van der Waals surface area contributed by atoms with Crippen LogP contribution in [0.25, 0.3) is 0 Å². The number of morpholine rings is 1. The standard InChI is InChI=1S/C15H26N8O/c1-5-21(6-2-16-1)13-18-14(22-7-3-17-4-8-22)20-15(19-13)23-9-11-24-12-10-23/h16-17H,1-12H2. The summed E-state index contributed by atoms with van der Waals surface area (Å²) >= 11 is 0. The third kappa shape index (κ3) is 3.52. The predicted octanol–water partition coefficient (Wildman–Crippen LogP) is -1.47. The topological polar surface area (TPSA) is 81.7 Å². The summed E-state index contributed by atoms with van der Waals surface area (Å²) in [5, 5.41) is 6.76. The molecule has 24 heavy (non-hydrogen) atoms. The van der Waals surface area contributed by atoms with Gasteiger partial charge in [0.1, 0.15) is 0 Å². The van der Waals surface area contributed by atoms with Crippen LogP contribution in [0.2, 0.25) is 0 Å². The average molecular weight is 334 g/mol. The quantitative estimate of drug-likeness (QED) is 0.688. The predicted molar refractivity (Wildman–Crippen MR) is 93.0 cm³/mol. The van der Waals surface area contributed by atoms with Crippen molar-refractivity contribution in [2.45, 2.75) is 0 Å². The zero-order valence-corrected chi connectivity index (χ0v) is 14.1. The normalized spacial score (nSPS) is 22.8. The van der Waals surface area contributed by atoms with Crippen molar-refractivity contribution < 1.29 is 4.74 Å². The average Bonchev–Trinajstić information content (AvgIpc) is 2.70. The summed E-state index contributed by atoms with van der Waals surface area (Å²) in [6, 6.07) is 0. The highest BCUT2D eigenvalue weighted by Gasteiger charge is 2.23. The first-order valence-corrected chi connectivity index (χ1v) is 8.90. The van der Waals surface area contributed by atoms with Crippen LogP contribution in [0.15, 0.2) is 0 Å². The van der Waals surface area contributed by atoms with Crippen molar-refractivity contribution in [1.82, 2.24) is 25.6 Å². The molecule has 1 aromatic heterocycles. The number of hydrogen-bond donors (Lipinski definition) is 2. The van der Waals surface area contributed by atoms with E-state index >= 15 is 0 Å². The van der Waals surface area contributed by atoms with Gasteiger partial charge in [-0.25, -0.2) is 0 Å². The molecule has 3 fully saturated rings. The molecule has 0 bridgehead atoms. The van der Waals surface area contributed by atoms with Crippen LogP contribution in [0.4, 0.5) is 17.8 Å². The van der Waals surface area contributed by atoms with Gasteiger partial charge in [-0.05, 0) is 0 Å². The van der Waals surface area contributed by atoms with Crippen LogP contribution in [-0.2, 0) is 4.74 Å². The lowest BCUT2D eigenvalue weighted by molar-refractivity contribution is 0.122. The van der Waals surface area contributed by atoms with Crippen molar-refractivity contribution in [2.24, 2.45) is 0 Å². The Balaban J connectivity index is 1.63. The third-order valence-electron chi connectivity index (χ3n) is 4.69. The van der Waals surface area contributed by atoms with E-state index in [1.165, 1.54) is 0 Å². The van der Waals surface area contributed by atoms with E-state index in [0.717, 1.165) is 96.5 Å². The molecule has 0 unspecified atom stereocenters. The smallest absolute Gasteiger partial charge is 0.232 e. The van der Waals surface area contributed by atoms with Crippen molar-refractivity contribution in [2.75, 3.05) is 93.4 Å². The van der Waals surface area contributed by atoms with Gasteiger partial charge in [0.25, 0.3) is 0 Å². The molecule has 3 saturated heterocycles. The molecular formula is C15H26N8O. The van der Waals surface area contributed by atoms with Gasteiger partial charge in [-0.1, -0.05) is 0 Å². The number of hydrogen-bond acceptors (Lipinski definition) is 9. The second-order valence-corrected chi connectivity index (χ2v) is 6.31. The van der Waals surface area contributed by atoms with Crippen LogP contribution in [0.5, 0.6) is 0 Å². The Kier molecular flexibility index (Phi) is 4.91. The van der Waals surface area contributed by atoms with Crippen LogP contribution in [-0.4, -0.2) is 93.6 Å². The second-order valence-electron chi connectivity index (χ2n) is 6.31. The van der Waals surface area contributed by atoms with E-state index in [-0.39, 0.29) is 0 Å². The van der Waals surface area contributed by atoms with Crippen LogP contribution >= 0.6 is 0 Å². The van der Waals surface area contributed by atoms with Gasteiger partial charge in [0.15, 0.2) is 0 Å². The minimum atomic E-state index is 0.734. The Morgan fingerprint density at radius 2 is 0.958 bits per heavy atom. The van der Waals surface area contributed by atoms with E-state index in [2.05, 4.69) is 25.3 Å². The maximum atomic E-state index is 5.46. The number of nitrogens with one attached hydrogen (secondary N) is 2. The molecule has 4 heterocycles. The first-order valence-electron chi connectivity index (χ1n) is 8.90. The van der Waals surface area contributed by atoms with Crippen LogP contribution in [0, 0.1) is 0 Å². The Hall–Kier alpha value is -1.71. The highest BCUT2D eigenvalue weighted by atomic mass is 16.5. The molecule has 3 aliphatic rings. The lowest BCUT2D eigenvalue weighted by atomic mass is 10.4. The fourth-order valence-corrected chi connectivity index (χ4v) is 3.26. The van der Waals surface area contributed by atoms with Crippen molar-refractivity contribution in [3.05, 3.63) is 0 Å². The first kappa shape index (κ1) is 15.8. The summed E-state index contributed by atoms with van der Waals surface area (Å²) in [6.07, 6.45) is 0. The third-order valence-corrected chi connectivity index (χ3v) is 4.69. The monoisotopic (exact) mass is 334 g/mol. The lowest BCUT2D eigenvalue weighted by Crippen LogP contribution is -2.46. The maximum Gasteiger partial charge on any atom is 0.232 e. The minimum absolute atomic E-state index is 0.734. The van der Waals surface area contributed by atoms with Gasteiger partial charge >= 0.3 is 0 Å². The summed E-state index contributed by atoms with van der Waals surface area (Å²) in [4.78, 5) is 21.1. The van der Waals surface area contributed by atoms with E-state index in [1.54, 1.807) is 0 Å². The Labute approximate surface area is 142 Å². The molecule has 9 nitrogen and oxygen atoms in total. The van der Waals surface area contributed by atoms with Gasteiger partial charge < -0.3 is 30.1 Å². The Bertz CT molecular complexity index is 450. The van der Waals surface area contributed by atoms with Crippen molar-refractivity contribution in [3.8, 4) is 0 Å². The highest BCUT2D eigenvalue weighted by Crippen LogP contribution is 2.20. The van der Waals surface area contributed by atoms with E-state index < -0.39 is 0 Å². The highest BCUT2D eigenvalue weighted by molar-refractivity contribution is 5.47. The van der Waals surface area contributed by atoms with Crippen molar-refractivity contribution >= 4 is 17.8 Å². The van der Waals surface area contributed by atoms with E-state index in [4.69, 9.17) is 19.7 Å².